The van der Waals surface area contributed by atoms with E-state index in [1.165, 1.54) is 0 Å². The molecule has 2 aliphatic rings. The maximum atomic E-state index is 12.0. The standard InChI is InChI=1S/C20H19N3O2/c1-12-8-9-21-19(24)16(12)10-14-4-6-15-17(7-5-13-2-3-13)22-20(25)23-18(15)11-14/h4,6,8-9,11,13,17H,2-3,10H2,1H3,(H,21,24)(H2,22,23,25)/t17-/m0/s1. The maximum Gasteiger partial charge on any atom is 0.320 e. The van der Waals surface area contributed by atoms with Crippen LogP contribution in [0.1, 0.15) is 41.1 Å². The molecule has 3 N–H and O–H groups in total. The SMILES string of the molecule is Cc1cc[nH]c(=O)c1Cc1ccc2c(c1)NC(=O)N[C@H]2C#CC1CC1. The quantitative estimate of drug-likeness (QED) is 0.739. The molecule has 1 aromatic heterocycles. The van der Waals surface area contributed by atoms with Crippen molar-refractivity contribution < 1.29 is 4.79 Å². The van der Waals surface area contributed by atoms with E-state index in [0.717, 1.165) is 40.8 Å². The van der Waals surface area contributed by atoms with Gasteiger partial charge in [0.1, 0.15) is 6.04 Å². The van der Waals surface area contributed by atoms with E-state index in [-0.39, 0.29) is 17.6 Å². The van der Waals surface area contributed by atoms with Crippen molar-refractivity contribution in [2.24, 2.45) is 5.92 Å². The summed E-state index contributed by atoms with van der Waals surface area (Å²) in [5.74, 6) is 6.89. The van der Waals surface area contributed by atoms with Crippen LogP contribution in [-0.2, 0) is 6.42 Å². The first-order valence-corrected chi connectivity index (χ1v) is 8.49. The number of rotatable bonds is 2. The van der Waals surface area contributed by atoms with E-state index in [9.17, 15) is 9.59 Å². The van der Waals surface area contributed by atoms with Gasteiger partial charge in [0.2, 0.25) is 0 Å². The van der Waals surface area contributed by atoms with Gasteiger partial charge in [-0.15, -0.1) is 0 Å². The second kappa shape index (κ2) is 6.14. The number of aryl methyl sites for hydroxylation is 1. The topological polar surface area (TPSA) is 74.0 Å². The summed E-state index contributed by atoms with van der Waals surface area (Å²) in [5.41, 5.74) is 4.34. The molecule has 1 aliphatic carbocycles. The molecular formula is C20H19N3O2. The van der Waals surface area contributed by atoms with E-state index in [0.29, 0.717) is 12.3 Å². The fourth-order valence-electron chi connectivity index (χ4n) is 3.02. The predicted octanol–water partition coefficient (Wildman–Crippen LogP) is 2.86. The van der Waals surface area contributed by atoms with Gasteiger partial charge in [-0.2, -0.15) is 0 Å². The maximum absolute atomic E-state index is 12.0. The lowest BCUT2D eigenvalue weighted by atomic mass is 9.96. The van der Waals surface area contributed by atoms with Gasteiger partial charge in [-0.1, -0.05) is 24.0 Å². The molecule has 1 saturated carbocycles. The number of urea groups is 1. The van der Waals surface area contributed by atoms with Crippen molar-refractivity contribution in [3.05, 3.63) is 63.1 Å². The van der Waals surface area contributed by atoms with Crippen LogP contribution in [0.25, 0.3) is 0 Å². The molecule has 0 bridgehead atoms. The van der Waals surface area contributed by atoms with E-state index >= 15 is 0 Å². The lowest BCUT2D eigenvalue weighted by Crippen LogP contribution is -2.37. The molecule has 0 unspecified atom stereocenters. The van der Waals surface area contributed by atoms with Crippen molar-refractivity contribution in [1.82, 2.24) is 10.3 Å². The van der Waals surface area contributed by atoms with E-state index in [4.69, 9.17) is 0 Å². The van der Waals surface area contributed by atoms with Crippen molar-refractivity contribution in [3.63, 3.8) is 0 Å². The van der Waals surface area contributed by atoms with Crippen molar-refractivity contribution >= 4 is 11.7 Å². The zero-order chi connectivity index (χ0) is 17.4. The molecule has 1 aromatic carbocycles. The molecule has 1 fully saturated rings. The van der Waals surface area contributed by atoms with Crippen LogP contribution in [0.3, 0.4) is 0 Å². The molecule has 0 saturated heterocycles. The number of H-pyrrole nitrogens is 1. The second-order valence-corrected chi connectivity index (χ2v) is 6.66. The number of amides is 2. The Morgan fingerprint density at radius 3 is 2.76 bits per heavy atom. The highest BCUT2D eigenvalue weighted by Gasteiger charge is 2.24. The Morgan fingerprint density at radius 1 is 1.16 bits per heavy atom. The molecule has 126 valence electrons. The Hall–Kier alpha value is -3.00. The molecule has 0 spiro atoms. The number of pyridine rings is 1. The van der Waals surface area contributed by atoms with Crippen LogP contribution in [0.5, 0.6) is 0 Å². The summed E-state index contributed by atoms with van der Waals surface area (Å²) in [7, 11) is 0. The molecule has 1 aliphatic heterocycles. The van der Waals surface area contributed by atoms with Crippen molar-refractivity contribution in [1.29, 1.82) is 0 Å². The normalized spacial score (nSPS) is 18.4. The minimum atomic E-state index is -0.278. The second-order valence-electron chi connectivity index (χ2n) is 6.66. The number of aromatic nitrogens is 1. The summed E-state index contributed by atoms with van der Waals surface area (Å²) in [6, 6.07) is 7.29. The smallest absolute Gasteiger partial charge is 0.320 e. The molecule has 2 heterocycles. The van der Waals surface area contributed by atoms with Gasteiger partial charge in [0.25, 0.3) is 5.56 Å². The van der Waals surface area contributed by atoms with Crippen LogP contribution in [0.15, 0.2) is 35.3 Å². The average molecular weight is 333 g/mol. The van der Waals surface area contributed by atoms with Gasteiger partial charge in [-0.25, -0.2) is 4.79 Å². The van der Waals surface area contributed by atoms with Gasteiger partial charge < -0.3 is 15.6 Å². The van der Waals surface area contributed by atoms with Gasteiger partial charge >= 0.3 is 6.03 Å². The molecule has 2 aromatic rings. The largest absolute Gasteiger partial charge is 0.329 e. The first-order chi connectivity index (χ1) is 12.1. The van der Waals surface area contributed by atoms with E-state index < -0.39 is 0 Å². The number of anilines is 1. The van der Waals surface area contributed by atoms with Crippen LogP contribution in [0, 0.1) is 24.7 Å². The Morgan fingerprint density at radius 2 is 2.00 bits per heavy atom. The minimum Gasteiger partial charge on any atom is -0.329 e. The summed E-state index contributed by atoms with van der Waals surface area (Å²) in [6.45, 7) is 1.93. The van der Waals surface area contributed by atoms with Crippen LogP contribution in [0.2, 0.25) is 0 Å². The van der Waals surface area contributed by atoms with Crippen LogP contribution in [0.4, 0.5) is 10.5 Å². The molecule has 5 nitrogen and oxygen atoms in total. The van der Waals surface area contributed by atoms with E-state index in [2.05, 4.69) is 27.5 Å². The Bertz CT molecular complexity index is 961. The molecule has 25 heavy (non-hydrogen) atoms. The number of aromatic amines is 1. The van der Waals surface area contributed by atoms with Gasteiger partial charge in [-0.05, 0) is 43.0 Å². The first-order valence-electron chi connectivity index (χ1n) is 8.49. The van der Waals surface area contributed by atoms with E-state index in [1.54, 1.807) is 6.20 Å². The number of carbonyl (C=O) groups excluding carboxylic acids is 1. The molecule has 4 rings (SSSR count). The van der Waals surface area contributed by atoms with Crippen LogP contribution >= 0.6 is 0 Å². The van der Waals surface area contributed by atoms with Gasteiger partial charge in [0, 0.05) is 35.3 Å². The van der Waals surface area contributed by atoms with Crippen molar-refractivity contribution in [3.8, 4) is 11.8 Å². The van der Waals surface area contributed by atoms with E-state index in [1.807, 2.05) is 31.2 Å². The third kappa shape index (κ3) is 3.29. The number of fused-ring (bicyclic) bond motifs is 1. The Labute approximate surface area is 145 Å². The summed E-state index contributed by atoms with van der Waals surface area (Å²) in [5, 5.41) is 5.71. The molecule has 0 radical (unpaired) electrons. The summed E-state index contributed by atoms with van der Waals surface area (Å²) >= 11 is 0. The highest BCUT2D eigenvalue weighted by Crippen LogP contribution is 2.31. The van der Waals surface area contributed by atoms with Crippen LogP contribution < -0.4 is 16.2 Å². The Balaban J connectivity index is 1.65. The fraction of sp³-hybridized carbons (Fsp3) is 0.300. The number of benzene rings is 1. The van der Waals surface area contributed by atoms with Crippen molar-refractivity contribution in [2.75, 3.05) is 5.32 Å². The number of nitrogens with one attached hydrogen (secondary N) is 3. The highest BCUT2D eigenvalue weighted by atomic mass is 16.2. The first kappa shape index (κ1) is 15.5. The van der Waals surface area contributed by atoms with Gasteiger partial charge in [0.05, 0.1) is 0 Å². The van der Waals surface area contributed by atoms with Crippen LogP contribution in [-0.4, -0.2) is 11.0 Å². The zero-order valence-corrected chi connectivity index (χ0v) is 14.0. The number of hydrogen-bond acceptors (Lipinski definition) is 2. The highest BCUT2D eigenvalue weighted by molar-refractivity contribution is 5.93. The molecule has 2 amide bonds. The monoisotopic (exact) mass is 333 g/mol. The lowest BCUT2D eigenvalue weighted by Gasteiger charge is -2.24. The average Bonchev–Trinajstić information content (AvgIpc) is 3.40. The lowest BCUT2D eigenvalue weighted by molar-refractivity contribution is 0.249. The number of carbonyl (C=O) groups is 1. The number of hydrogen-bond donors (Lipinski definition) is 3. The molecular weight excluding hydrogens is 314 g/mol. The fourth-order valence-corrected chi connectivity index (χ4v) is 3.02. The predicted molar refractivity (Wildman–Crippen MR) is 96.4 cm³/mol. The zero-order valence-electron chi connectivity index (χ0n) is 14.0. The summed E-state index contributed by atoms with van der Waals surface area (Å²) in [4.78, 5) is 26.7. The molecule has 1 atom stereocenters. The summed E-state index contributed by atoms with van der Waals surface area (Å²) < 4.78 is 0. The third-order valence-corrected chi connectivity index (χ3v) is 4.64. The van der Waals surface area contributed by atoms with Gasteiger partial charge in [-0.3, -0.25) is 4.79 Å². The third-order valence-electron chi connectivity index (χ3n) is 4.64. The summed E-state index contributed by atoms with van der Waals surface area (Å²) in [6.07, 6.45) is 4.49. The van der Waals surface area contributed by atoms with Gasteiger partial charge in [0.15, 0.2) is 0 Å². The molecule has 5 heteroatoms. The van der Waals surface area contributed by atoms with Crippen molar-refractivity contribution in [2.45, 2.75) is 32.2 Å². The minimum absolute atomic E-state index is 0.0726. The Kier molecular flexibility index (Phi) is 3.81.